The van der Waals surface area contributed by atoms with Gasteiger partial charge in [0, 0.05) is 31.0 Å². The Bertz CT molecular complexity index is 1280. The zero-order valence-electron chi connectivity index (χ0n) is 19.9. The van der Waals surface area contributed by atoms with Gasteiger partial charge >= 0.3 is 18.0 Å². The summed E-state index contributed by atoms with van der Waals surface area (Å²) in [6.45, 7) is 0.111. The molecule has 3 aromatic rings. The molecule has 0 unspecified atom stereocenters. The van der Waals surface area contributed by atoms with E-state index >= 15 is 0 Å². The molecule has 37 heavy (non-hydrogen) atoms. The minimum absolute atomic E-state index is 0.0238. The standard InChI is InChI=1S/C27H24N2O8/c1-35-26(31)24(37-25(30)17-10-12-18(13-11-17)29(33)34)14-15-28-27(32)36-16-23-21-8-4-2-6-19(21)20-7-3-5-9-22(20)23/h2-13,23-24H,14-16H2,1H3,(H,28,32)/t24-/m1/s1. The molecule has 1 N–H and O–H groups in total. The van der Waals surface area contributed by atoms with Crippen LogP contribution in [-0.2, 0) is 19.0 Å². The van der Waals surface area contributed by atoms with Crippen LogP contribution >= 0.6 is 0 Å². The van der Waals surface area contributed by atoms with Crippen molar-refractivity contribution >= 4 is 23.7 Å². The number of hydrogen-bond acceptors (Lipinski definition) is 8. The van der Waals surface area contributed by atoms with Crippen molar-refractivity contribution in [2.75, 3.05) is 20.3 Å². The van der Waals surface area contributed by atoms with E-state index in [0.29, 0.717) is 0 Å². The van der Waals surface area contributed by atoms with Crippen molar-refractivity contribution in [3.63, 3.8) is 0 Å². The first kappa shape index (κ1) is 25.4. The van der Waals surface area contributed by atoms with Gasteiger partial charge in [0.05, 0.1) is 17.6 Å². The van der Waals surface area contributed by atoms with Gasteiger partial charge in [-0.1, -0.05) is 48.5 Å². The number of fused-ring (bicyclic) bond motifs is 3. The van der Waals surface area contributed by atoms with Crippen LogP contribution < -0.4 is 5.32 Å². The lowest BCUT2D eigenvalue weighted by Crippen LogP contribution is -2.34. The molecule has 0 aliphatic heterocycles. The molecule has 1 amide bonds. The van der Waals surface area contributed by atoms with E-state index in [1.54, 1.807) is 0 Å². The second kappa shape index (κ2) is 11.3. The molecule has 0 saturated heterocycles. The molecule has 1 aliphatic carbocycles. The van der Waals surface area contributed by atoms with Crippen molar-refractivity contribution in [3.05, 3.63) is 99.6 Å². The fourth-order valence-electron chi connectivity index (χ4n) is 4.23. The minimum Gasteiger partial charge on any atom is -0.466 e. The van der Waals surface area contributed by atoms with Crippen LogP contribution in [0.15, 0.2) is 72.8 Å². The number of nitro groups is 1. The van der Waals surface area contributed by atoms with Gasteiger partial charge in [-0.3, -0.25) is 10.1 Å². The summed E-state index contributed by atoms with van der Waals surface area (Å²) in [5.41, 5.74) is 4.24. The van der Waals surface area contributed by atoms with E-state index < -0.39 is 29.1 Å². The molecular weight excluding hydrogens is 480 g/mol. The highest BCUT2D eigenvalue weighted by Crippen LogP contribution is 2.44. The van der Waals surface area contributed by atoms with Crippen LogP contribution in [0.5, 0.6) is 0 Å². The van der Waals surface area contributed by atoms with Gasteiger partial charge in [-0.15, -0.1) is 0 Å². The average molecular weight is 504 g/mol. The Labute approximate surface area is 212 Å². The minimum atomic E-state index is -1.29. The molecule has 4 rings (SSSR count). The molecule has 0 heterocycles. The summed E-state index contributed by atoms with van der Waals surface area (Å²) in [6, 6.07) is 20.7. The molecule has 3 aromatic carbocycles. The smallest absolute Gasteiger partial charge is 0.407 e. The number of hydrogen-bond donors (Lipinski definition) is 1. The van der Waals surface area contributed by atoms with Gasteiger partial charge < -0.3 is 19.5 Å². The highest BCUT2D eigenvalue weighted by molar-refractivity contribution is 5.91. The Morgan fingerprint density at radius 2 is 1.54 bits per heavy atom. The second-order valence-electron chi connectivity index (χ2n) is 8.26. The molecular formula is C27H24N2O8. The maximum Gasteiger partial charge on any atom is 0.407 e. The Hall–Kier alpha value is -4.73. The maximum absolute atomic E-state index is 12.4. The van der Waals surface area contributed by atoms with Crippen LogP contribution in [0, 0.1) is 10.1 Å². The molecule has 0 bridgehead atoms. The number of carbonyl (C=O) groups is 3. The van der Waals surface area contributed by atoms with E-state index in [0.717, 1.165) is 41.5 Å². The van der Waals surface area contributed by atoms with Crippen LogP contribution in [0.3, 0.4) is 0 Å². The predicted molar refractivity (Wildman–Crippen MR) is 132 cm³/mol. The van der Waals surface area contributed by atoms with Gasteiger partial charge in [-0.2, -0.15) is 0 Å². The molecule has 190 valence electrons. The third kappa shape index (κ3) is 5.75. The van der Waals surface area contributed by atoms with E-state index in [2.05, 4.69) is 10.1 Å². The summed E-state index contributed by atoms with van der Waals surface area (Å²) >= 11 is 0. The average Bonchev–Trinajstić information content (AvgIpc) is 3.24. The zero-order valence-corrected chi connectivity index (χ0v) is 19.9. The number of nitrogens with one attached hydrogen (secondary N) is 1. The van der Waals surface area contributed by atoms with Gasteiger partial charge in [-0.25, -0.2) is 14.4 Å². The maximum atomic E-state index is 12.4. The number of methoxy groups -OCH3 is 1. The number of rotatable bonds is 9. The first-order valence-corrected chi connectivity index (χ1v) is 11.5. The quantitative estimate of drug-likeness (QED) is 0.198. The summed E-state index contributed by atoms with van der Waals surface area (Å²) < 4.78 is 15.4. The largest absolute Gasteiger partial charge is 0.466 e. The summed E-state index contributed by atoms with van der Waals surface area (Å²) in [6.07, 6.45) is -2.02. The highest BCUT2D eigenvalue weighted by atomic mass is 16.6. The lowest BCUT2D eigenvalue weighted by Gasteiger charge is -2.17. The summed E-state index contributed by atoms with van der Waals surface area (Å²) in [5, 5.41) is 13.3. The second-order valence-corrected chi connectivity index (χ2v) is 8.26. The lowest BCUT2D eigenvalue weighted by atomic mass is 9.98. The summed E-state index contributed by atoms with van der Waals surface area (Å²) in [5.74, 6) is -1.75. The van der Waals surface area contributed by atoms with Gasteiger partial charge in [0.25, 0.3) is 5.69 Å². The first-order valence-electron chi connectivity index (χ1n) is 11.5. The van der Waals surface area contributed by atoms with Gasteiger partial charge in [0.1, 0.15) is 6.61 Å². The number of benzene rings is 3. The fourth-order valence-corrected chi connectivity index (χ4v) is 4.23. The van der Waals surface area contributed by atoms with Crippen molar-refractivity contribution in [2.24, 2.45) is 0 Å². The van der Waals surface area contributed by atoms with Crippen molar-refractivity contribution in [1.29, 1.82) is 0 Å². The normalized spacial score (nSPS) is 12.6. The molecule has 1 aliphatic rings. The van der Waals surface area contributed by atoms with Gasteiger partial charge in [-0.05, 0) is 34.4 Å². The number of nitrogens with zero attached hydrogens (tertiary/aromatic N) is 1. The zero-order chi connectivity index (χ0) is 26.4. The fraction of sp³-hybridized carbons (Fsp3) is 0.222. The molecule has 0 spiro atoms. The van der Waals surface area contributed by atoms with Crippen molar-refractivity contribution < 1.29 is 33.5 Å². The number of carbonyl (C=O) groups excluding carboxylic acids is 3. The van der Waals surface area contributed by atoms with Gasteiger partial charge in [0.15, 0.2) is 0 Å². The monoisotopic (exact) mass is 504 g/mol. The van der Waals surface area contributed by atoms with Crippen LogP contribution in [0.2, 0.25) is 0 Å². The highest BCUT2D eigenvalue weighted by Gasteiger charge is 2.29. The van der Waals surface area contributed by atoms with E-state index in [1.165, 1.54) is 12.1 Å². The molecule has 1 atom stereocenters. The Morgan fingerprint density at radius 3 is 2.11 bits per heavy atom. The molecule has 0 saturated carbocycles. The number of alkyl carbamates (subject to hydrolysis) is 1. The van der Waals surface area contributed by atoms with Crippen molar-refractivity contribution in [1.82, 2.24) is 5.32 Å². The van der Waals surface area contributed by atoms with E-state index in [9.17, 15) is 24.5 Å². The molecule has 0 radical (unpaired) electrons. The molecule has 0 fully saturated rings. The SMILES string of the molecule is COC(=O)[C@@H](CCNC(=O)OCC1c2ccccc2-c2ccccc21)OC(=O)c1ccc([N+](=O)[O-])cc1. The lowest BCUT2D eigenvalue weighted by molar-refractivity contribution is -0.384. The van der Waals surface area contributed by atoms with E-state index in [-0.39, 0.29) is 36.7 Å². The topological polar surface area (TPSA) is 134 Å². The molecule has 0 aromatic heterocycles. The predicted octanol–water partition coefficient (Wildman–Crippen LogP) is 4.22. The third-order valence-electron chi connectivity index (χ3n) is 6.05. The van der Waals surface area contributed by atoms with E-state index in [4.69, 9.17) is 9.47 Å². The van der Waals surface area contributed by atoms with Crippen LogP contribution in [0.25, 0.3) is 11.1 Å². The van der Waals surface area contributed by atoms with Crippen molar-refractivity contribution in [2.45, 2.75) is 18.4 Å². The van der Waals surface area contributed by atoms with Gasteiger partial charge in [0.2, 0.25) is 6.10 Å². The Balaban J connectivity index is 1.30. The summed E-state index contributed by atoms with van der Waals surface area (Å²) in [7, 11) is 1.15. The molecule has 10 nitrogen and oxygen atoms in total. The Kier molecular flexibility index (Phi) is 7.77. The van der Waals surface area contributed by atoms with E-state index in [1.807, 2.05) is 48.5 Å². The van der Waals surface area contributed by atoms with Crippen LogP contribution in [0.4, 0.5) is 10.5 Å². The van der Waals surface area contributed by atoms with Crippen molar-refractivity contribution in [3.8, 4) is 11.1 Å². The number of esters is 2. The number of nitro benzene ring substituents is 1. The number of non-ortho nitro benzene ring substituents is 1. The number of amides is 1. The first-order chi connectivity index (χ1) is 17.9. The summed E-state index contributed by atoms with van der Waals surface area (Å²) in [4.78, 5) is 47.0. The third-order valence-corrected chi connectivity index (χ3v) is 6.05. The molecule has 10 heteroatoms. The number of ether oxygens (including phenoxy) is 3. The van der Waals surface area contributed by atoms with Crippen LogP contribution in [-0.4, -0.2) is 49.3 Å². The Morgan fingerprint density at radius 1 is 0.946 bits per heavy atom. The van der Waals surface area contributed by atoms with Crippen LogP contribution in [0.1, 0.15) is 33.8 Å².